The SMILES string of the molecule is CCCC[C@@H](CC)CNC(=O)CN1C(=O)N[C@](CC)(c2ccc(F)cc2)C1=O. The number of amides is 4. The van der Waals surface area contributed by atoms with E-state index >= 15 is 0 Å². The number of rotatable bonds is 10. The molecule has 2 atom stereocenters. The summed E-state index contributed by atoms with van der Waals surface area (Å²) < 4.78 is 13.2. The van der Waals surface area contributed by atoms with Crippen LogP contribution in [0.4, 0.5) is 9.18 Å². The number of unbranched alkanes of at least 4 members (excludes halogenated alkanes) is 1. The summed E-state index contributed by atoms with van der Waals surface area (Å²) in [5.41, 5.74) is -0.763. The van der Waals surface area contributed by atoms with E-state index in [0.29, 0.717) is 24.4 Å². The van der Waals surface area contributed by atoms with Gasteiger partial charge in [-0.3, -0.25) is 14.5 Å². The van der Waals surface area contributed by atoms with Gasteiger partial charge in [-0.2, -0.15) is 0 Å². The third-order valence-corrected chi connectivity index (χ3v) is 5.48. The fraction of sp³-hybridized carbons (Fsp3) is 0.571. The smallest absolute Gasteiger partial charge is 0.325 e. The predicted octanol–water partition coefficient (Wildman–Crippen LogP) is 3.32. The van der Waals surface area contributed by atoms with Crippen molar-refractivity contribution in [3.05, 3.63) is 35.6 Å². The van der Waals surface area contributed by atoms with Gasteiger partial charge in [-0.25, -0.2) is 9.18 Å². The van der Waals surface area contributed by atoms with E-state index in [1.807, 2.05) is 0 Å². The van der Waals surface area contributed by atoms with Gasteiger partial charge in [0.2, 0.25) is 5.91 Å². The minimum Gasteiger partial charge on any atom is -0.354 e. The quantitative estimate of drug-likeness (QED) is 0.601. The Morgan fingerprint density at radius 2 is 1.89 bits per heavy atom. The van der Waals surface area contributed by atoms with Gasteiger partial charge >= 0.3 is 6.03 Å². The molecular weight excluding hydrogens is 361 g/mol. The summed E-state index contributed by atoms with van der Waals surface area (Å²) in [6.07, 6.45) is 4.52. The molecule has 1 fully saturated rings. The monoisotopic (exact) mass is 391 g/mol. The number of benzene rings is 1. The largest absolute Gasteiger partial charge is 0.354 e. The number of nitrogens with one attached hydrogen (secondary N) is 2. The fourth-order valence-corrected chi connectivity index (χ4v) is 3.54. The van der Waals surface area contributed by atoms with Crippen molar-refractivity contribution < 1.29 is 18.8 Å². The molecule has 1 aliphatic rings. The summed E-state index contributed by atoms with van der Waals surface area (Å²) in [7, 11) is 0. The number of hydrogen-bond donors (Lipinski definition) is 2. The average molecular weight is 391 g/mol. The zero-order valence-corrected chi connectivity index (χ0v) is 16.9. The molecule has 6 nitrogen and oxygen atoms in total. The molecule has 0 aliphatic carbocycles. The normalized spacial score (nSPS) is 20.2. The maximum Gasteiger partial charge on any atom is 0.325 e. The minimum atomic E-state index is -1.27. The van der Waals surface area contributed by atoms with Gasteiger partial charge in [-0.05, 0) is 36.5 Å². The molecule has 4 amide bonds. The second-order valence-electron chi connectivity index (χ2n) is 7.31. The molecule has 7 heteroatoms. The van der Waals surface area contributed by atoms with Crippen LogP contribution in [0.25, 0.3) is 0 Å². The lowest BCUT2D eigenvalue weighted by atomic mass is 9.87. The van der Waals surface area contributed by atoms with Crippen molar-refractivity contribution in [3.63, 3.8) is 0 Å². The Morgan fingerprint density at radius 1 is 1.21 bits per heavy atom. The highest BCUT2D eigenvalue weighted by Crippen LogP contribution is 2.32. The predicted molar refractivity (Wildman–Crippen MR) is 105 cm³/mol. The zero-order valence-electron chi connectivity index (χ0n) is 16.9. The summed E-state index contributed by atoms with van der Waals surface area (Å²) in [6.45, 7) is 6.20. The van der Waals surface area contributed by atoms with Crippen molar-refractivity contribution in [2.75, 3.05) is 13.1 Å². The molecule has 0 aromatic heterocycles. The molecule has 0 unspecified atom stereocenters. The molecule has 0 radical (unpaired) electrons. The molecule has 2 rings (SSSR count). The van der Waals surface area contributed by atoms with E-state index in [2.05, 4.69) is 24.5 Å². The Labute approximate surface area is 165 Å². The van der Waals surface area contributed by atoms with Gasteiger partial charge in [0.1, 0.15) is 17.9 Å². The van der Waals surface area contributed by atoms with Crippen LogP contribution < -0.4 is 10.6 Å². The van der Waals surface area contributed by atoms with Crippen LogP contribution in [-0.4, -0.2) is 35.8 Å². The number of hydrogen-bond acceptors (Lipinski definition) is 3. The Bertz CT molecular complexity index is 707. The topological polar surface area (TPSA) is 78.5 Å². The first-order chi connectivity index (χ1) is 13.4. The second kappa shape index (κ2) is 9.66. The van der Waals surface area contributed by atoms with E-state index in [9.17, 15) is 18.8 Å². The molecule has 0 spiro atoms. The lowest BCUT2D eigenvalue weighted by molar-refractivity contribution is -0.135. The Morgan fingerprint density at radius 3 is 2.46 bits per heavy atom. The fourth-order valence-electron chi connectivity index (χ4n) is 3.54. The first-order valence-electron chi connectivity index (χ1n) is 10.0. The Balaban J connectivity index is 2.04. The minimum absolute atomic E-state index is 0.302. The van der Waals surface area contributed by atoms with Crippen LogP contribution in [0.3, 0.4) is 0 Å². The number of nitrogens with zero attached hydrogens (tertiary/aromatic N) is 1. The summed E-state index contributed by atoms with van der Waals surface area (Å²) in [6, 6.07) is 4.87. The molecular formula is C21H30FN3O3. The molecule has 0 bridgehead atoms. The van der Waals surface area contributed by atoms with Gasteiger partial charge in [-0.1, -0.05) is 52.2 Å². The van der Waals surface area contributed by atoms with Crippen LogP contribution in [0.15, 0.2) is 24.3 Å². The van der Waals surface area contributed by atoms with Crippen molar-refractivity contribution in [1.82, 2.24) is 15.5 Å². The van der Waals surface area contributed by atoms with Crippen LogP contribution in [0.5, 0.6) is 0 Å². The molecule has 28 heavy (non-hydrogen) atoms. The Kier molecular flexibility index (Phi) is 7.54. The van der Waals surface area contributed by atoms with E-state index in [4.69, 9.17) is 0 Å². The van der Waals surface area contributed by atoms with E-state index in [1.165, 1.54) is 24.3 Å². The van der Waals surface area contributed by atoms with Crippen molar-refractivity contribution in [2.24, 2.45) is 5.92 Å². The third-order valence-electron chi connectivity index (χ3n) is 5.48. The highest BCUT2D eigenvalue weighted by Gasteiger charge is 2.51. The second-order valence-corrected chi connectivity index (χ2v) is 7.31. The number of halogens is 1. The van der Waals surface area contributed by atoms with Gasteiger partial charge in [0.15, 0.2) is 0 Å². The number of carbonyl (C=O) groups is 3. The lowest BCUT2D eigenvalue weighted by Crippen LogP contribution is -2.45. The van der Waals surface area contributed by atoms with Gasteiger partial charge in [-0.15, -0.1) is 0 Å². The molecule has 1 aliphatic heterocycles. The number of urea groups is 1. The standard InChI is InChI=1S/C21H30FN3O3/c1-4-7-8-15(5-2)13-23-18(26)14-25-19(27)21(6-3,24-20(25)28)16-9-11-17(22)12-10-16/h9-12,15H,4-8,13-14H2,1-3H3,(H,23,26)(H,24,28)/t15-,21-/m1/s1. The van der Waals surface area contributed by atoms with Crippen molar-refractivity contribution in [3.8, 4) is 0 Å². The van der Waals surface area contributed by atoms with Crippen LogP contribution in [0.2, 0.25) is 0 Å². The summed E-state index contributed by atoms with van der Waals surface area (Å²) in [4.78, 5) is 38.7. The molecule has 0 saturated carbocycles. The maximum absolute atomic E-state index is 13.2. The molecule has 2 N–H and O–H groups in total. The Hall–Kier alpha value is -2.44. The zero-order chi connectivity index (χ0) is 20.7. The van der Waals surface area contributed by atoms with Crippen molar-refractivity contribution >= 4 is 17.8 Å². The number of imide groups is 1. The van der Waals surface area contributed by atoms with E-state index < -0.39 is 23.3 Å². The molecule has 1 aromatic rings. The molecule has 154 valence electrons. The number of carbonyl (C=O) groups excluding carboxylic acids is 3. The van der Waals surface area contributed by atoms with Crippen LogP contribution in [0, 0.1) is 11.7 Å². The molecule has 1 aromatic carbocycles. The highest BCUT2D eigenvalue weighted by atomic mass is 19.1. The van der Waals surface area contributed by atoms with E-state index in [-0.39, 0.29) is 12.5 Å². The van der Waals surface area contributed by atoms with Gasteiger partial charge < -0.3 is 10.6 Å². The van der Waals surface area contributed by atoms with Gasteiger partial charge in [0.25, 0.3) is 5.91 Å². The van der Waals surface area contributed by atoms with Crippen LogP contribution in [0.1, 0.15) is 58.4 Å². The van der Waals surface area contributed by atoms with E-state index in [1.54, 1.807) is 6.92 Å². The average Bonchev–Trinajstić information content (AvgIpc) is 2.93. The first-order valence-corrected chi connectivity index (χ1v) is 10.0. The van der Waals surface area contributed by atoms with Crippen molar-refractivity contribution in [1.29, 1.82) is 0 Å². The summed E-state index contributed by atoms with van der Waals surface area (Å²) >= 11 is 0. The third kappa shape index (κ3) is 4.69. The van der Waals surface area contributed by atoms with Crippen LogP contribution >= 0.6 is 0 Å². The molecule has 1 saturated heterocycles. The van der Waals surface area contributed by atoms with Gasteiger partial charge in [0, 0.05) is 6.54 Å². The first kappa shape index (κ1) is 21.9. The van der Waals surface area contributed by atoms with Crippen LogP contribution in [-0.2, 0) is 15.1 Å². The summed E-state index contributed by atoms with van der Waals surface area (Å²) in [5.74, 6) is -0.873. The maximum atomic E-state index is 13.2. The van der Waals surface area contributed by atoms with Crippen molar-refractivity contribution in [2.45, 2.75) is 58.4 Å². The lowest BCUT2D eigenvalue weighted by Gasteiger charge is -2.25. The van der Waals surface area contributed by atoms with E-state index in [0.717, 1.165) is 30.6 Å². The summed E-state index contributed by atoms with van der Waals surface area (Å²) in [5, 5.41) is 5.54. The van der Waals surface area contributed by atoms with Gasteiger partial charge in [0.05, 0.1) is 0 Å². The molecule has 1 heterocycles. The highest BCUT2D eigenvalue weighted by molar-refractivity contribution is 6.09.